The van der Waals surface area contributed by atoms with Crippen LogP contribution in [0, 0.1) is 17.5 Å². The van der Waals surface area contributed by atoms with Gasteiger partial charge in [-0.15, -0.1) is 0 Å². The fraction of sp³-hybridized carbons (Fsp3) is 0.240. The van der Waals surface area contributed by atoms with Crippen molar-refractivity contribution in [3.8, 4) is 0 Å². The van der Waals surface area contributed by atoms with Crippen LogP contribution in [0.1, 0.15) is 22.7 Å². The molecule has 4 rings (SSSR count). The highest BCUT2D eigenvalue weighted by molar-refractivity contribution is 5.76. The third-order valence-corrected chi connectivity index (χ3v) is 5.60. The van der Waals surface area contributed by atoms with E-state index in [0.29, 0.717) is 24.2 Å². The Morgan fingerprint density at radius 1 is 0.812 bits per heavy atom. The van der Waals surface area contributed by atoms with Crippen LogP contribution in [0.2, 0.25) is 0 Å². The summed E-state index contributed by atoms with van der Waals surface area (Å²) in [4.78, 5) is 14.5. The van der Waals surface area contributed by atoms with E-state index in [9.17, 15) is 18.0 Å². The molecule has 0 bridgehead atoms. The highest BCUT2D eigenvalue weighted by Crippen LogP contribution is 2.24. The first-order valence-electron chi connectivity index (χ1n) is 10.5. The summed E-state index contributed by atoms with van der Waals surface area (Å²) in [7, 11) is 0. The summed E-state index contributed by atoms with van der Waals surface area (Å²) in [6.07, 6.45) is 0.778. The summed E-state index contributed by atoms with van der Waals surface area (Å²) in [5.74, 6) is -0.979. The number of nitrogens with one attached hydrogen (secondary N) is 2. The van der Waals surface area contributed by atoms with Crippen molar-refractivity contribution in [3.63, 3.8) is 0 Å². The van der Waals surface area contributed by atoms with Gasteiger partial charge in [0.15, 0.2) is 0 Å². The Morgan fingerprint density at radius 2 is 1.28 bits per heavy atom. The third kappa shape index (κ3) is 5.48. The monoisotopic (exact) mass is 439 g/mol. The normalized spacial score (nSPS) is 13.8. The molecule has 0 aromatic heterocycles. The summed E-state index contributed by atoms with van der Waals surface area (Å²) in [5, 5.41) is 6.37. The number of nitrogens with zero attached hydrogens (tertiary/aromatic N) is 1. The number of hydrogen-bond donors (Lipinski definition) is 2. The Balaban J connectivity index is 1.31. The zero-order valence-corrected chi connectivity index (χ0v) is 17.4. The highest BCUT2D eigenvalue weighted by Gasteiger charge is 2.31. The summed E-state index contributed by atoms with van der Waals surface area (Å²) in [6.45, 7) is 1.86. The molecule has 1 aliphatic rings. The predicted molar refractivity (Wildman–Crippen MR) is 117 cm³/mol. The molecule has 0 unspecified atom stereocenters. The minimum Gasteiger partial charge on any atom is -0.327 e. The second-order valence-electron chi connectivity index (χ2n) is 7.92. The number of halogens is 3. The SMILES string of the molecule is O=C(NC(c1ccc(F)cc1)c1ccc(F)cc1)N1CC(NCCc2ccc(F)cc2)C1. The number of hydrogen-bond acceptors (Lipinski definition) is 2. The molecule has 1 aliphatic heterocycles. The molecule has 7 heteroatoms. The van der Waals surface area contributed by atoms with Crippen LogP contribution >= 0.6 is 0 Å². The summed E-state index contributed by atoms with van der Waals surface area (Å²) < 4.78 is 39.7. The van der Waals surface area contributed by atoms with Gasteiger partial charge >= 0.3 is 6.03 Å². The molecule has 2 amide bonds. The van der Waals surface area contributed by atoms with E-state index in [0.717, 1.165) is 18.5 Å². The fourth-order valence-corrected chi connectivity index (χ4v) is 3.73. The molecule has 0 spiro atoms. The molecule has 3 aromatic carbocycles. The van der Waals surface area contributed by atoms with E-state index in [4.69, 9.17) is 0 Å². The number of likely N-dealkylation sites (tertiary alicyclic amines) is 1. The van der Waals surface area contributed by atoms with Crippen LogP contribution in [-0.2, 0) is 6.42 Å². The van der Waals surface area contributed by atoms with Gasteiger partial charge in [0.25, 0.3) is 0 Å². The molecule has 1 fully saturated rings. The minimum absolute atomic E-state index is 0.191. The molecule has 2 N–H and O–H groups in total. The maximum absolute atomic E-state index is 13.4. The number of benzene rings is 3. The van der Waals surface area contributed by atoms with Crippen molar-refractivity contribution in [2.45, 2.75) is 18.5 Å². The highest BCUT2D eigenvalue weighted by atomic mass is 19.1. The molecule has 32 heavy (non-hydrogen) atoms. The van der Waals surface area contributed by atoms with E-state index >= 15 is 0 Å². The Bertz CT molecular complexity index is 988. The fourth-order valence-electron chi connectivity index (χ4n) is 3.73. The van der Waals surface area contributed by atoms with Gasteiger partial charge in [-0.25, -0.2) is 18.0 Å². The number of amides is 2. The Labute approximate surface area is 185 Å². The first-order valence-corrected chi connectivity index (χ1v) is 10.5. The first-order chi connectivity index (χ1) is 15.5. The molecule has 0 saturated carbocycles. The van der Waals surface area contributed by atoms with Crippen molar-refractivity contribution in [1.29, 1.82) is 0 Å². The molecule has 1 saturated heterocycles. The minimum atomic E-state index is -0.519. The maximum Gasteiger partial charge on any atom is 0.318 e. The molecule has 4 nitrogen and oxygen atoms in total. The standard InChI is InChI=1S/C25H24F3N3O/c26-20-7-1-17(2-8-20)13-14-29-23-15-31(16-23)25(32)30-24(18-3-9-21(27)10-4-18)19-5-11-22(28)12-6-19/h1-12,23-24,29H,13-16H2,(H,30,32). The van der Waals surface area contributed by atoms with Gasteiger partial charge in [-0.2, -0.15) is 0 Å². The van der Waals surface area contributed by atoms with Gasteiger partial charge in [0, 0.05) is 19.1 Å². The molecule has 166 valence electrons. The second kappa shape index (κ2) is 9.87. The molecule has 0 aliphatic carbocycles. The summed E-state index contributed by atoms with van der Waals surface area (Å²) in [5.41, 5.74) is 2.47. The zero-order valence-electron chi connectivity index (χ0n) is 17.4. The predicted octanol–water partition coefficient (Wildman–Crippen LogP) is 4.42. The molecule has 0 atom stereocenters. The lowest BCUT2D eigenvalue weighted by atomic mass is 9.98. The van der Waals surface area contributed by atoms with E-state index in [1.165, 1.54) is 36.4 Å². The molecular formula is C25H24F3N3O. The number of rotatable bonds is 7. The Morgan fingerprint density at radius 3 is 1.78 bits per heavy atom. The largest absolute Gasteiger partial charge is 0.327 e. The van der Waals surface area contributed by atoms with Gasteiger partial charge in [0.2, 0.25) is 0 Å². The van der Waals surface area contributed by atoms with Crippen LogP contribution in [0.4, 0.5) is 18.0 Å². The number of carbonyl (C=O) groups is 1. The van der Waals surface area contributed by atoms with Gasteiger partial charge in [0.05, 0.1) is 6.04 Å². The maximum atomic E-state index is 13.4. The van der Waals surface area contributed by atoms with Crippen molar-refractivity contribution in [3.05, 3.63) is 107 Å². The van der Waals surface area contributed by atoms with Crippen molar-refractivity contribution >= 4 is 6.03 Å². The molecular weight excluding hydrogens is 415 g/mol. The average molecular weight is 439 g/mol. The van der Waals surface area contributed by atoms with Crippen LogP contribution < -0.4 is 10.6 Å². The van der Waals surface area contributed by atoms with Crippen LogP contribution in [0.3, 0.4) is 0 Å². The lowest BCUT2D eigenvalue weighted by Crippen LogP contribution is -2.62. The van der Waals surface area contributed by atoms with Crippen LogP contribution in [0.5, 0.6) is 0 Å². The lowest BCUT2D eigenvalue weighted by Gasteiger charge is -2.40. The van der Waals surface area contributed by atoms with Crippen LogP contribution in [0.25, 0.3) is 0 Å². The Hall–Kier alpha value is -3.32. The van der Waals surface area contributed by atoms with Gasteiger partial charge < -0.3 is 15.5 Å². The van der Waals surface area contributed by atoms with Crippen molar-refractivity contribution in [2.75, 3.05) is 19.6 Å². The lowest BCUT2D eigenvalue weighted by molar-refractivity contribution is 0.136. The second-order valence-corrected chi connectivity index (χ2v) is 7.92. The summed E-state index contributed by atoms with van der Waals surface area (Å²) >= 11 is 0. The quantitative estimate of drug-likeness (QED) is 0.573. The van der Waals surface area contributed by atoms with Gasteiger partial charge in [-0.1, -0.05) is 36.4 Å². The number of carbonyl (C=O) groups excluding carboxylic acids is 1. The van der Waals surface area contributed by atoms with Crippen LogP contribution in [-0.4, -0.2) is 36.6 Å². The third-order valence-electron chi connectivity index (χ3n) is 5.60. The molecule has 3 aromatic rings. The first kappa shape index (κ1) is 21.9. The molecule has 0 radical (unpaired) electrons. The van der Waals surface area contributed by atoms with E-state index in [-0.39, 0.29) is 29.5 Å². The van der Waals surface area contributed by atoms with Crippen molar-refractivity contribution in [1.82, 2.24) is 15.5 Å². The van der Waals surface area contributed by atoms with Gasteiger partial charge in [-0.3, -0.25) is 0 Å². The van der Waals surface area contributed by atoms with E-state index in [2.05, 4.69) is 10.6 Å². The van der Waals surface area contributed by atoms with Crippen LogP contribution in [0.15, 0.2) is 72.8 Å². The topological polar surface area (TPSA) is 44.4 Å². The van der Waals surface area contributed by atoms with Gasteiger partial charge in [0.1, 0.15) is 17.5 Å². The summed E-state index contributed by atoms with van der Waals surface area (Å²) in [6, 6.07) is 17.7. The van der Waals surface area contributed by atoms with Crippen molar-refractivity contribution in [2.24, 2.45) is 0 Å². The van der Waals surface area contributed by atoms with E-state index in [1.54, 1.807) is 41.3 Å². The zero-order chi connectivity index (χ0) is 22.5. The average Bonchev–Trinajstić information content (AvgIpc) is 2.76. The van der Waals surface area contributed by atoms with Crippen molar-refractivity contribution < 1.29 is 18.0 Å². The Kier molecular flexibility index (Phi) is 6.75. The number of urea groups is 1. The van der Waals surface area contributed by atoms with E-state index < -0.39 is 6.04 Å². The van der Waals surface area contributed by atoms with E-state index in [1.807, 2.05) is 0 Å². The molecule has 1 heterocycles. The van der Waals surface area contributed by atoms with Gasteiger partial charge in [-0.05, 0) is 66.1 Å². The smallest absolute Gasteiger partial charge is 0.318 e.